The fourth-order valence-electron chi connectivity index (χ4n) is 2.17. The first-order valence-electron chi connectivity index (χ1n) is 6.62. The normalized spacial score (nSPS) is 10.4. The molecule has 0 spiro atoms. The summed E-state index contributed by atoms with van der Waals surface area (Å²) in [6.07, 6.45) is 2.78. The largest absolute Gasteiger partial charge is 0.495 e. The molecule has 0 fully saturated rings. The first-order valence-corrected chi connectivity index (χ1v) is 6.62. The second kappa shape index (κ2) is 6.25. The Kier molecular flexibility index (Phi) is 4.42. The van der Waals surface area contributed by atoms with Gasteiger partial charge in [-0.15, -0.1) is 0 Å². The van der Waals surface area contributed by atoms with Crippen LogP contribution in [0.1, 0.15) is 18.2 Å². The highest BCUT2D eigenvalue weighted by molar-refractivity contribution is 5.61. The number of nitro benzene ring substituents is 1. The molecule has 1 heterocycles. The van der Waals surface area contributed by atoms with E-state index >= 15 is 0 Å². The molecule has 0 radical (unpaired) electrons. The van der Waals surface area contributed by atoms with Crippen molar-refractivity contribution in [3.63, 3.8) is 0 Å². The van der Waals surface area contributed by atoms with E-state index in [2.05, 4.69) is 10.4 Å². The summed E-state index contributed by atoms with van der Waals surface area (Å²) in [5.41, 5.74) is 2.70. The smallest absolute Gasteiger partial charge is 0.271 e. The average molecular weight is 290 g/mol. The lowest BCUT2D eigenvalue weighted by Crippen LogP contribution is -2.03. The predicted octanol–water partition coefficient (Wildman–Crippen LogP) is 2.51. The Balaban J connectivity index is 2.22. The van der Waals surface area contributed by atoms with Gasteiger partial charge in [0.25, 0.3) is 5.69 Å². The molecule has 7 nitrogen and oxygen atoms in total. The fourth-order valence-corrected chi connectivity index (χ4v) is 2.17. The van der Waals surface area contributed by atoms with Crippen LogP contribution in [0.25, 0.3) is 0 Å². The van der Waals surface area contributed by atoms with Gasteiger partial charge < -0.3 is 10.1 Å². The number of non-ortho nitro benzene ring substituents is 1. The van der Waals surface area contributed by atoms with Crippen LogP contribution in [0.5, 0.6) is 5.75 Å². The summed E-state index contributed by atoms with van der Waals surface area (Å²) in [6, 6.07) is 4.48. The van der Waals surface area contributed by atoms with E-state index in [0.29, 0.717) is 18.0 Å². The van der Waals surface area contributed by atoms with Gasteiger partial charge in [-0.3, -0.25) is 14.8 Å². The van der Waals surface area contributed by atoms with Gasteiger partial charge in [0.2, 0.25) is 0 Å². The van der Waals surface area contributed by atoms with Crippen molar-refractivity contribution in [2.45, 2.75) is 19.9 Å². The lowest BCUT2D eigenvalue weighted by molar-refractivity contribution is -0.384. The minimum atomic E-state index is -0.424. The van der Waals surface area contributed by atoms with Crippen molar-refractivity contribution in [2.75, 3.05) is 12.4 Å². The van der Waals surface area contributed by atoms with E-state index in [9.17, 15) is 10.1 Å². The van der Waals surface area contributed by atoms with Crippen LogP contribution in [0, 0.1) is 10.1 Å². The van der Waals surface area contributed by atoms with E-state index in [1.807, 2.05) is 20.2 Å². The molecule has 0 saturated heterocycles. The fraction of sp³-hybridized carbons (Fsp3) is 0.357. The highest BCUT2D eigenvalue weighted by Crippen LogP contribution is 2.29. The zero-order chi connectivity index (χ0) is 15.4. The average Bonchev–Trinajstić information content (AvgIpc) is 2.84. The van der Waals surface area contributed by atoms with Gasteiger partial charge >= 0.3 is 0 Å². The Labute approximate surface area is 122 Å². The predicted molar refractivity (Wildman–Crippen MR) is 79.6 cm³/mol. The van der Waals surface area contributed by atoms with Crippen LogP contribution in [0.15, 0.2) is 24.4 Å². The zero-order valence-electron chi connectivity index (χ0n) is 12.3. The van der Waals surface area contributed by atoms with Crippen molar-refractivity contribution >= 4 is 11.4 Å². The molecule has 0 atom stereocenters. The molecular weight excluding hydrogens is 272 g/mol. The van der Waals surface area contributed by atoms with Crippen LogP contribution in [0.3, 0.4) is 0 Å². The Hall–Kier alpha value is -2.57. The van der Waals surface area contributed by atoms with E-state index in [1.54, 1.807) is 10.7 Å². The molecule has 0 aliphatic heterocycles. The van der Waals surface area contributed by atoms with Gasteiger partial charge in [0.05, 0.1) is 23.4 Å². The number of anilines is 1. The van der Waals surface area contributed by atoms with Crippen LogP contribution < -0.4 is 10.1 Å². The molecular formula is C14H18N4O3. The molecule has 0 amide bonds. The van der Waals surface area contributed by atoms with Crippen molar-refractivity contribution in [1.29, 1.82) is 0 Å². The number of benzene rings is 1. The summed E-state index contributed by atoms with van der Waals surface area (Å²) in [6.45, 7) is 2.58. The monoisotopic (exact) mass is 290 g/mol. The Morgan fingerprint density at radius 1 is 1.48 bits per heavy atom. The molecule has 2 rings (SSSR count). The number of methoxy groups -OCH3 is 1. The van der Waals surface area contributed by atoms with Gasteiger partial charge in [0, 0.05) is 37.5 Å². The SMILES string of the molecule is CCc1nn(C)cc1CNc1cc([N+](=O)[O-])ccc1OC. The molecule has 0 saturated carbocycles. The maximum absolute atomic E-state index is 10.9. The Morgan fingerprint density at radius 3 is 2.86 bits per heavy atom. The standard InChI is InChI=1S/C14H18N4O3/c1-4-12-10(9-17(2)16-12)8-15-13-7-11(18(19)20)5-6-14(13)21-3/h5-7,9,15H,4,8H2,1-3H3. The third kappa shape index (κ3) is 3.31. The van der Waals surface area contributed by atoms with Crippen LogP contribution in [0.2, 0.25) is 0 Å². The minimum absolute atomic E-state index is 0.0280. The van der Waals surface area contributed by atoms with Crippen LogP contribution in [-0.2, 0) is 20.0 Å². The summed E-state index contributed by atoms with van der Waals surface area (Å²) < 4.78 is 6.99. The van der Waals surface area contributed by atoms with E-state index in [4.69, 9.17) is 4.74 Å². The molecule has 112 valence electrons. The molecule has 0 bridgehead atoms. The maximum Gasteiger partial charge on any atom is 0.271 e. The number of aryl methyl sites for hydroxylation is 2. The summed E-state index contributed by atoms with van der Waals surface area (Å²) in [4.78, 5) is 10.4. The van der Waals surface area contributed by atoms with Crippen molar-refractivity contribution < 1.29 is 9.66 Å². The van der Waals surface area contributed by atoms with Crippen molar-refractivity contribution in [3.8, 4) is 5.75 Å². The third-order valence-corrected chi connectivity index (χ3v) is 3.19. The molecule has 7 heteroatoms. The lowest BCUT2D eigenvalue weighted by Gasteiger charge is -2.10. The second-order valence-corrected chi connectivity index (χ2v) is 4.62. The summed E-state index contributed by atoms with van der Waals surface area (Å²) in [5.74, 6) is 0.572. The van der Waals surface area contributed by atoms with Crippen molar-refractivity contribution in [2.24, 2.45) is 7.05 Å². The van der Waals surface area contributed by atoms with Crippen molar-refractivity contribution in [3.05, 3.63) is 45.8 Å². The number of hydrogen-bond acceptors (Lipinski definition) is 5. The van der Waals surface area contributed by atoms with E-state index in [-0.39, 0.29) is 5.69 Å². The van der Waals surface area contributed by atoms with Gasteiger partial charge in [-0.25, -0.2) is 0 Å². The van der Waals surface area contributed by atoms with Gasteiger partial charge in [0.1, 0.15) is 5.75 Å². The number of hydrogen-bond donors (Lipinski definition) is 1. The first kappa shape index (κ1) is 14.8. The quantitative estimate of drug-likeness (QED) is 0.653. The molecule has 21 heavy (non-hydrogen) atoms. The highest BCUT2D eigenvalue weighted by atomic mass is 16.6. The third-order valence-electron chi connectivity index (χ3n) is 3.19. The zero-order valence-corrected chi connectivity index (χ0v) is 12.3. The van der Waals surface area contributed by atoms with Gasteiger partial charge in [-0.1, -0.05) is 6.92 Å². The van der Waals surface area contributed by atoms with Crippen LogP contribution >= 0.6 is 0 Å². The summed E-state index contributed by atoms with van der Waals surface area (Å²) >= 11 is 0. The molecule has 2 aromatic rings. The maximum atomic E-state index is 10.9. The van der Waals surface area contributed by atoms with E-state index in [0.717, 1.165) is 17.7 Å². The Morgan fingerprint density at radius 2 is 2.24 bits per heavy atom. The van der Waals surface area contributed by atoms with Crippen LogP contribution in [0.4, 0.5) is 11.4 Å². The molecule has 1 aromatic heterocycles. The summed E-state index contributed by atoms with van der Waals surface area (Å²) in [5, 5.41) is 18.4. The number of aromatic nitrogens is 2. The number of nitrogens with one attached hydrogen (secondary N) is 1. The van der Waals surface area contributed by atoms with Gasteiger partial charge in [-0.05, 0) is 12.5 Å². The number of rotatable bonds is 6. The molecule has 1 N–H and O–H groups in total. The van der Waals surface area contributed by atoms with Gasteiger partial charge in [0.15, 0.2) is 0 Å². The highest BCUT2D eigenvalue weighted by Gasteiger charge is 2.12. The Bertz CT molecular complexity index is 652. The van der Waals surface area contributed by atoms with Gasteiger partial charge in [-0.2, -0.15) is 5.10 Å². The minimum Gasteiger partial charge on any atom is -0.495 e. The number of ether oxygens (including phenoxy) is 1. The molecule has 0 aliphatic rings. The van der Waals surface area contributed by atoms with Crippen LogP contribution in [-0.4, -0.2) is 21.8 Å². The topological polar surface area (TPSA) is 82.2 Å². The second-order valence-electron chi connectivity index (χ2n) is 4.62. The lowest BCUT2D eigenvalue weighted by atomic mass is 10.2. The number of nitrogens with zero attached hydrogens (tertiary/aromatic N) is 3. The van der Waals surface area contributed by atoms with E-state index in [1.165, 1.54) is 19.2 Å². The molecule has 1 aromatic carbocycles. The number of nitro groups is 1. The van der Waals surface area contributed by atoms with E-state index < -0.39 is 4.92 Å². The summed E-state index contributed by atoms with van der Waals surface area (Å²) in [7, 11) is 3.41. The molecule has 0 aliphatic carbocycles. The van der Waals surface area contributed by atoms with Crippen molar-refractivity contribution in [1.82, 2.24) is 9.78 Å². The molecule has 0 unspecified atom stereocenters. The first-order chi connectivity index (χ1) is 10.0.